The highest BCUT2D eigenvalue weighted by Gasteiger charge is 2.29. The number of fused-ring (bicyclic) bond motifs is 1. The van der Waals surface area contributed by atoms with Crippen molar-refractivity contribution in [3.8, 4) is 34.2 Å². The van der Waals surface area contributed by atoms with Crippen LogP contribution in [-0.4, -0.2) is 71.1 Å². The van der Waals surface area contributed by atoms with Crippen molar-refractivity contribution >= 4 is 51.7 Å². The normalized spacial score (nSPS) is 13.5. The molecule has 0 unspecified atom stereocenters. The molecule has 0 radical (unpaired) electrons. The Bertz CT molecular complexity index is 2060. The number of hydrogen-bond acceptors (Lipinski definition) is 6. The van der Waals surface area contributed by atoms with Crippen LogP contribution in [0.2, 0.25) is 5.02 Å². The van der Waals surface area contributed by atoms with Crippen LogP contribution in [0, 0.1) is 11.8 Å². The monoisotopic (exact) mass is 709 g/mol. The molecular formula is C35H32ClF4N7O3. The Labute approximate surface area is 289 Å². The van der Waals surface area contributed by atoms with E-state index in [4.69, 9.17) is 17.3 Å². The minimum absolute atomic E-state index is 0.108. The number of nitrogen functional groups attached to an aromatic ring is 1. The van der Waals surface area contributed by atoms with Crippen molar-refractivity contribution in [1.29, 1.82) is 0 Å². The summed E-state index contributed by atoms with van der Waals surface area (Å²) in [5.41, 5.74) is 9.60. The fourth-order valence-electron chi connectivity index (χ4n) is 5.83. The summed E-state index contributed by atoms with van der Waals surface area (Å²) in [4.78, 5) is 43.5. The highest BCUT2D eigenvalue weighted by atomic mass is 35.5. The number of likely N-dealkylation sites (tertiary alicyclic amines) is 1. The van der Waals surface area contributed by atoms with Gasteiger partial charge in [0.15, 0.2) is 5.83 Å². The first kappa shape index (κ1) is 35.9. The van der Waals surface area contributed by atoms with Crippen LogP contribution in [0.4, 0.5) is 29.1 Å². The number of alkyl halides is 3. The molecule has 0 saturated carbocycles. The van der Waals surface area contributed by atoms with E-state index in [1.54, 1.807) is 40.8 Å². The lowest BCUT2D eigenvalue weighted by Gasteiger charge is -2.30. The predicted molar refractivity (Wildman–Crippen MR) is 184 cm³/mol. The number of benzene rings is 2. The van der Waals surface area contributed by atoms with E-state index >= 15 is 0 Å². The van der Waals surface area contributed by atoms with Crippen LogP contribution >= 0.6 is 11.6 Å². The molecule has 0 aliphatic carbocycles. The first-order valence-electron chi connectivity index (χ1n) is 15.3. The molecular weight excluding hydrogens is 678 g/mol. The molecule has 10 nitrogen and oxygen atoms in total. The molecule has 5 rings (SSSR count). The van der Waals surface area contributed by atoms with Crippen molar-refractivity contribution < 1.29 is 31.9 Å². The molecule has 1 saturated heterocycles. The van der Waals surface area contributed by atoms with Gasteiger partial charge in [-0.3, -0.25) is 14.4 Å². The molecule has 15 heteroatoms. The van der Waals surface area contributed by atoms with Crippen molar-refractivity contribution in [3.63, 3.8) is 0 Å². The lowest BCUT2D eigenvalue weighted by molar-refractivity contribution is -0.126. The third-order valence-electron chi connectivity index (χ3n) is 8.35. The fourth-order valence-corrected chi connectivity index (χ4v) is 6.10. The number of aromatic nitrogens is 2. The largest absolute Gasteiger partial charge is 0.405 e. The number of nitrogens with one attached hydrogen (secondary N) is 3. The van der Waals surface area contributed by atoms with Gasteiger partial charge in [-0.15, -0.1) is 0 Å². The van der Waals surface area contributed by atoms with E-state index in [-0.39, 0.29) is 22.3 Å². The molecule has 3 heterocycles. The van der Waals surface area contributed by atoms with E-state index in [1.807, 2.05) is 12.4 Å². The summed E-state index contributed by atoms with van der Waals surface area (Å²) in [6.07, 6.45) is -1.55. The van der Waals surface area contributed by atoms with Gasteiger partial charge in [0.05, 0.1) is 32.7 Å². The lowest BCUT2D eigenvalue weighted by atomic mass is 9.96. The first-order chi connectivity index (χ1) is 23.7. The molecule has 0 spiro atoms. The van der Waals surface area contributed by atoms with Gasteiger partial charge in [-0.1, -0.05) is 42.3 Å². The molecule has 260 valence electrons. The quantitative estimate of drug-likeness (QED) is 0.115. The number of rotatable bonds is 7. The summed E-state index contributed by atoms with van der Waals surface area (Å²) in [6.45, 7) is 2.59. The minimum Gasteiger partial charge on any atom is -0.383 e. The van der Waals surface area contributed by atoms with Gasteiger partial charge in [-0.2, -0.15) is 13.2 Å². The number of pyridine rings is 1. The zero-order chi connectivity index (χ0) is 36.3. The van der Waals surface area contributed by atoms with Crippen molar-refractivity contribution in [1.82, 2.24) is 25.1 Å². The van der Waals surface area contributed by atoms with Crippen molar-refractivity contribution in [2.24, 2.45) is 7.05 Å². The maximum atomic E-state index is 13.3. The van der Waals surface area contributed by atoms with Gasteiger partial charge in [-0.25, -0.2) is 9.37 Å². The highest BCUT2D eigenvalue weighted by Crippen LogP contribution is 2.44. The number of aryl methyl sites for hydroxylation is 1. The van der Waals surface area contributed by atoms with Gasteiger partial charge >= 0.3 is 6.18 Å². The number of halogens is 5. The van der Waals surface area contributed by atoms with Gasteiger partial charge in [0.25, 0.3) is 17.7 Å². The Balaban J connectivity index is 1.64. The lowest BCUT2D eigenvalue weighted by Crippen LogP contribution is -2.43. The number of carbonyl (C=O) groups excluding carboxylic acids is 3. The summed E-state index contributed by atoms with van der Waals surface area (Å²) in [6, 6.07) is 11.0. The van der Waals surface area contributed by atoms with Crippen LogP contribution in [0.1, 0.15) is 28.8 Å². The van der Waals surface area contributed by atoms with E-state index < -0.39 is 30.4 Å². The van der Waals surface area contributed by atoms with Crippen LogP contribution < -0.4 is 21.7 Å². The molecule has 2 aromatic carbocycles. The van der Waals surface area contributed by atoms with Crippen molar-refractivity contribution in [2.45, 2.75) is 25.1 Å². The number of anilines is 2. The van der Waals surface area contributed by atoms with E-state index in [0.717, 1.165) is 12.8 Å². The Kier molecular flexibility index (Phi) is 10.5. The van der Waals surface area contributed by atoms with Crippen LogP contribution in [0.3, 0.4) is 0 Å². The Hall–Kier alpha value is -5.39. The fraction of sp³-hybridized carbons (Fsp3) is 0.257. The molecule has 50 heavy (non-hydrogen) atoms. The second-order valence-corrected chi connectivity index (χ2v) is 12.0. The molecule has 4 aromatic rings. The maximum Gasteiger partial charge on any atom is 0.405 e. The van der Waals surface area contributed by atoms with E-state index in [2.05, 4.69) is 34.0 Å². The number of amides is 3. The van der Waals surface area contributed by atoms with Crippen molar-refractivity contribution in [2.75, 3.05) is 37.7 Å². The zero-order valence-electron chi connectivity index (χ0n) is 27.0. The number of piperidine rings is 1. The summed E-state index contributed by atoms with van der Waals surface area (Å²) < 4.78 is 53.4. The van der Waals surface area contributed by atoms with Gasteiger partial charge in [0.1, 0.15) is 12.4 Å². The molecule has 1 aliphatic heterocycles. The molecule has 0 atom stereocenters. The summed E-state index contributed by atoms with van der Waals surface area (Å²) in [5.74, 6) is 2.31. The van der Waals surface area contributed by atoms with Crippen LogP contribution in [0.5, 0.6) is 0 Å². The van der Waals surface area contributed by atoms with Gasteiger partial charge in [0.2, 0.25) is 0 Å². The molecule has 3 amide bonds. The van der Waals surface area contributed by atoms with Crippen LogP contribution in [0.15, 0.2) is 61.1 Å². The SMILES string of the molecule is C=C(F)C(=O)Nc1ccc(-c2c(-c3ccc(C(=O)NCC(F)(F)F)c(Cl)c3)c3c(N)ncc(C#CC(=O)N4CCC(NC)CC4)c3n2C)cc1. The average molecular weight is 710 g/mol. The second-order valence-electron chi connectivity index (χ2n) is 11.6. The standard InChI is InChI=1S/C35H32ClF4N7O3/c1-19(37)33(49)45-24-8-4-20(5-9-24)30-28(21-6-10-25(26(36)16-21)34(50)44-18-35(38,39)40)29-31(46(30)3)22(17-43-32(29)41)7-11-27(48)47-14-12-23(42-2)13-15-47/h4-6,8-10,16-17,23,42H,1,12-15,18H2,2-3H3,(H2,41,43)(H,44,50)(H,45,49). The van der Waals surface area contributed by atoms with E-state index in [9.17, 15) is 31.9 Å². The zero-order valence-corrected chi connectivity index (χ0v) is 27.7. The maximum absolute atomic E-state index is 13.3. The number of nitrogens with two attached hydrogens (primary N) is 1. The summed E-state index contributed by atoms with van der Waals surface area (Å²) >= 11 is 6.48. The Morgan fingerprint density at radius 1 is 1.10 bits per heavy atom. The number of hydrogen-bond donors (Lipinski definition) is 4. The second kappa shape index (κ2) is 14.6. The Morgan fingerprint density at radius 2 is 1.76 bits per heavy atom. The first-order valence-corrected chi connectivity index (χ1v) is 15.7. The van der Waals surface area contributed by atoms with Crippen molar-refractivity contribution in [3.05, 3.63) is 77.2 Å². The van der Waals surface area contributed by atoms with Gasteiger partial charge in [-0.05, 0) is 55.3 Å². The molecule has 2 aromatic heterocycles. The van der Waals surface area contributed by atoms with Crippen LogP contribution in [-0.2, 0) is 16.6 Å². The summed E-state index contributed by atoms with van der Waals surface area (Å²) in [7, 11) is 3.64. The molecule has 1 fully saturated rings. The number of carbonyl (C=O) groups is 3. The minimum atomic E-state index is -4.61. The number of nitrogens with zero attached hydrogens (tertiary/aromatic N) is 3. The average Bonchev–Trinajstić information content (AvgIpc) is 3.40. The van der Waals surface area contributed by atoms with Gasteiger partial charge < -0.3 is 31.2 Å². The third-order valence-corrected chi connectivity index (χ3v) is 8.66. The summed E-state index contributed by atoms with van der Waals surface area (Å²) in [5, 5.41) is 7.75. The molecule has 1 aliphatic rings. The molecule has 5 N–H and O–H groups in total. The predicted octanol–water partition coefficient (Wildman–Crippen LogP) is 5.42. The topological polar surface area (TPSA) is 134 Å². The van der Waals surface area contributed by atoms with E-state index in [1.165, 1.54) is 24.4 Å². The highest BCUT2D eigenvalue weighted by molar-refractivity contribution is 6.34. The van der Waals surface area contributed by atoms with Crippen LogP contribution in [0.25, 0.3) is 33.3 Å². The Morgan fingerprint density at radius 3 is 2.36 bits per heavy atom. The molecule has 0 bridgehead atoms. The third kappa shape index (κ3) is 7.74. The smallest absolute Gasteiger partial charge is 0.383 e. The van der Waals surface area contributed by atoms with E-state index in [0.29, 0.717) is 63.7 Å². The van der Waals surface area contributed by atoms with Gasteiger partial charge in [0, 0.05) is 49.5 Å².